The molecule has 0 spiro atoms. The van der Waals surface area contributed by atoms with Crippen molar-refractivity contribution in [2.75, 3.05) is 39.3 Å². The van der Waals surface area contributed by atoms with Crippen molar-refractivity contribution in [3.63, 3.8) is 0 Å². The summed E-state index contributed by atoms with van der Waals surface area (Å²) in [5.74, 6) is -0.0277. The number of nitrogens with zero attached hydrogens (tertiary/aromatic N) is 3. The molecule has 2 aliphatic heterocycles. The van der Waals surface area contributed by atoms with Gasteiger partial charge >= 0.3 is 0 Å². The number of aryl methyl sites for hydroxylation is 1. The number of hydrogen-bond acceptors (Lipinski definition) is 4. The topological polar surface area (TPSA) is 74.6 Å². The maximum Gasteiger partial charge on any atom is 0.243 e. The van der Waals surface area contributed by atoms with Gasteiger partial charge in [0, 0.05) is 49.2 Å². The number of benzene rings is 1. The van der Waals surface area contributed by atoms with Crippen molar-refractivity contribution in [1.29, 1.82) is 0 Å². The molecule has 0 saturated carbocycles. The molecule has 0 atom stereocenters. The van der Waals surface area contributed by atoms with E-state index >= 15 is 0 Å². The van der Waals surface area contributed by atoms with Crippen LogP contribution in [0.3, 0.4) is 0 Å². The molecule has 0 radical (unpaired) electrons. The van der Waals surface area contributed by atoms with Crippen molar-refractivity contribution in [3.05, 3.63) is 30.5 Å². The third kappa shape index (κ3) is 4.96. The fraction of sp³-hybridized carbons (Fsp3) is 0.609. The maximum atomic E-state index is 13.1. The Hall–Kier alpha value is -1.90. The molecule has 3 heterocycles. The van der Waals surface area contributed by atoms with Crippen LogP contribution in [-0.2, 0) is 21.4 Å². The minimum absolute atomic E-state index is 0.0702. The Kier molecular flexibility index (Phi) is 6.99. The van der Waals surface area contributed by atoms with E-state index in [1.54, 1.807) is 12.1 Å². The molecule has 1 aromatic heterocycles. The molecule has 4 rings (SSSR count). The minimum Gasteiger partial charge on any atom is -0.356 e. The second-order valence-electron chi connectivity index (χ2n) is 8.69. The van der Waals surface area contributed by atoms with Crippen LogP contribution in [0, 0.1) is 5.92 Å². The summed E-state index contributed by atoms with van der Waals surface area (Å²) in [6.45, 7) is 7.80. The fourth-order valence-corrected chi connectivity index (χ4v) is 6.29. The Bertz CT molecular complexity index is 1000. The second-order valence-corrected chi connectivity index (χ2v) is 10.6. The SMILES string of the molecule is CCn1ccc2cc(S(=O)(=O)N3CCC(C(=O)NCCCN4CCCC4)CC3)ccc21. The molecule has 2 aliphatic rings. The lowest BCUT2D eigenvalue weighted by molar-refractivity contribution is -0.126. The van der Waals surface area contributed by atoms with Crippen molar-refractivity contribution >= 4 is 26.8 Å². The largest absolute Gasteiger partial charge is 0.356 e. The van der Waals surface area contributed by atoms with E-state index in [2.05, 4.69) is 21.7 Å². The number of sulfonamides is 1. The summed E-state index contributed by atoms with van der Waals surface area (Å²) in [7, 11) is -3.54. The van der Waals surface area contributed by atoms with Gasteiger partial charge in [0.1, 0.15) is 0 Å². The van der Waals surface area contributed by atoms with Crippen LogP contribution in [0.4, 0.5) is 0 Å². The van der Waals surface area contributed by atoms with Crippen LogP contribution >= 0.6 is 0 Å². The third-order valence-electron chi connectivity index (χ3n) is 6.69. The lowest BCUT2D eigenvalue weighted by Gasteiger charge is -2.30. The highest BCUT2D eigenvalue weighted by atomic mass is 32.2. The minimum atomic E-state index is -3.54. The average molecular weight is 447 g/mol. The molecule has 8 heteroatoms. The molecule has 2 fully saturated rings. The number of carbonyl (C=O) groups excluding carboxylic acids is 1. The number of likely N-dealkylation sites (tertiary alicyclic amines) is 1. The molecule has 0 aliphatic carbocycles. The predicted molar refractivity (Wildman–Crippen MR) is 122 cm³/mol. The first-order chi connectivity index (χ1) is 15.0. The Morgan fingerprint density at radius 3 is 2.55 bits per heavy atom. The van der Waals surface area contributed by atoms with E-state index in [4.69, 9.17) is 0 Å². The number of fused-ring (bicyclic) bond motifs is 1. The first-order valence-corrected chi connectivity index (χ1v) is 13.0. The first-order valence-electron chi connectivity index (χ1n) is 11.6. The summed E-state index contributed by atoms with van der Waals surface area (Å²) >= 11 is 0. The monoisotopic (exact) mass is 446 g/mol. The van der Waals surface area contributed by atoms with Gasteiger partial charge in [-0.1, -0.05) is 0 Å². The lowest BCUT2D eigenvalue weighted by Crippen LogP contribution is -2.43. The van der Waals surface area contributed by atoms with Gasteiger partial charge in [-0.05, 0) is 82.9 Å². The number of rotatable bonds is 8. The van der Waals surface area contributed by atoms with E-state index in [0.717, 1.165) is 30.4 Å². The summed E-state index contributed by atoms with van der Waals surface area (Å²) in [6.07, 6.45) is 6.68. The van der Waals surface area contributed by atoms with Crippen LogP contribution in [0.5, 0.6) is 0 Å². The van der Waals surface area contributed by atoms with Crippen LogP contribution < -0.4 is 5.32 Å². The maximum absolute atomic E-state index is 13.1. The van der Waals surface area contributed by atoms with Crippen LogP contribution in [0.1, 0.15) is 39.0 Å². The van der Waals surface area contributed by atoms with E-state index in [1.807, 2.05) is 18.3 Å². The van der Waals surface area contributed by atoms with Gasteiger partial charge in [-0.2, -0.15) is 4.31 Å². The molecule has 7 nitrogen and oxygen atoms in total. The van der Waals surface area contributed by atoms with E-state index in [1.165, 1.54) is 30.2 Å². The number of aromatic nitrogens is 1. The van der Waals surface area contributed by atoms with Gasteiger partial charge in [-0.25, -0.2) is 8.42 Å². The van der Waals surface area contributed by atoms with E-state index in [0.29, 0.717) is 37.4 Å². The molecule has 0 unspecified atom stereocenters. The molecule has 2 aromatic rings. The summed E-state index contributed by atoms with van der Waals surface area (Å²) in [5, 5.41) is 3.99. The van der Waals surface area contributed by atoms with E-state index in [-0.39, 0.29) is 11.8 Å². The number of piperidine rings is 1. The standard InChI is InChI=1S/C23H34N4O3S/c1-2-26-15-8-20-18-21(6-7-22(20)26)31(29,30)27-16-9-19(10-17-27)23(28)24-11-5-14-25-12-3-4-13-25/h6-8,15,18-19H,2-5,9-14,16-17H2,1H3,(H,24,28). The molecule has 1 amide bonds. The lowest BCUT2D eigenvalue weighted by atomic mass is 9.97. The van der Waals surface area contributed by atoms with Crippen molar-refractivity contribution in [2.45, 2.75) is 50.5 Å². The summed E-state index contributed by atoms with van der Waals surface area (Å²) in [6, 6.07) is 7.30. The number of carbonyl (C=O) groups is 1. The molecule has 170 valence electrons. The summed E-state index contributed by atoms with van der Waals surface area (Å²) in [5.41, 5.74) is 1.04. The zero-order chi connectivity index (χ0) is 21.8. The van der Waals surface area contributed by atoms with Crippen LogP contribution in [0.2, 0.25) is 0 Å². The molecular weight excluding hydrogens is 412 g/mol. The Morgan fingerprint density at radius 1 is 1.10 bits per heavy atom. The van der Waals surface area contributed by atoms with Crippen molar-refractivity contribution in [2.24, 2.45) is 5.92 Å². The van der Waals surface area contributed by atoms with Gasteiger partial charge in [0.15, 0.2) is 0 Å². The fourth-order valence-electron chi connectivity index (χ4n) is 4.79. The van der Waals surface area contributed by atoms with Gasteiger partial charge in [0.05, 0.1) is 4.90 Å². The number of nitrogens with one attached hydrogen (secondary N) is 1. The van der Waals surface area contributed by atoms with Gasteiger partial charge in [0.25, 0.3) is 0 Å². The molecule has 1 N–H and O–H groups in total. The van der Waals surface area contributed by atoms with Crippen molar-refractivity contribution < 1.29 is 13.2 Å². The molecule has 2 saturated heterocycles. The molecule has 0 bridgehead atoms. The summed E-state index contributed by atoms with van der Waals surface area (Å²) < 4.78 is 29.9. The van der Waals surface area contributed by atoms with Crippen molar-refractivity contribution in [1.82, 2.24) is 19.1 Å². The number of amides is 1. The van der Waals surface area contributed by atoms with Crippen LogP contribution in [0.25, 0.3) is 10.9 Å². The second kappa shape index (κ2) is 9.71. The Balaban J connectivity index is 1.28. The van der Waals surface area contributed by atoms with Crippen LogP contribution in [0.15, 0.2) is 35.4 Å². The van der Waals surface area contributed by atoms with Crippen molar-refractivity contribution in [3.8, 4) is 0 Å². The van der Waals surface area contributed by atoms with Gasteiger partial charge in [0.2, 0.25) is 15.9 Å². The quantitative estimate of drug-likeness (QED) is 0.633. The highest BCUT2D eigenvalue weighted by Gasteiger charge is 2.32. The highest BCUT2D eigenvalue weighted by Crippen LogP contribution is 2.27. The average Bonchev–Trinajstić information content (AvgIpc) is 3.45. The number of hydrogen-bond donors (Lipinski definition) is 1. The Labute approximate surface area is 185 Å². The molecular formula is C23H34N4O3S. The summed E-state index contributed by atoms with van der Waals surface area (Å²) in [4.78, 5) is 15.3. The smallest absolute Gasteiger partial charge is 0.243 e. The Morgan fingerprint density at radius 2 is 1.84 bits per heavy atom. The molecule has 31 heavy (non-hydrogen) atoms. The zero-order valence-corrected chi connectivity index (χ0v) is 19.2. The van der Waals surface area contributed by atoms with Gasteiger partial charge in [-0.3, -0.25) is 4.79 Å². The van der Waals surface area contributed by atoms with Crippen LogP contribution in [-0.4, -0.2) is 67.4 Å². The first kappa shape index (κ1) is 22.3. The van der Waals surface area contributed by atoms with Gasteiger partial charge < -0.3 is 14.8 Å². The van der Waals surface area contributed by atoms with E-state index in [9.17, 15) is 13.2 Å². The normalized spacial score (nSPS) is 19.3. The van der Waals surface area contributed by atoms with E-state index < -0.39 is 10.0 Å². The third-order valence-corrected chi connectivity index (χ3v) is 8.59. The van der Waals surface area contributed by atoms with Gasteiger partial charge in [-0.15, -0.1) is 0 Å². The zero-order valence-electron chi connectivity index (χ0n) is 18.4. The predicted octanol–water partition coefficient (Wildman–Crippen LogP) is 2.66. The molecule has 1 aromatic carbocycles. The highest BCUT2D eigenvalue weighted by molar-refractivity contribution is 7.89.